The van der Waals surface area contributed by atoms with Gasteiger partial charge in [-0.3, -0.25) is 0 Å². The molecular weight excluding hydrogens is 244 g/mol. The number of alkyl halides is 2. The van der Waals surface area contributed by atoms with Crippen LogP contribution in [0.3, 0.4) is 0 Å². The highest BCUT2D eigenvalue weighted by Gasteiger charge is 2.09. The molecule has 0 amide bonds. The average molecular weight is 261 g/mol. The summed E-state index contributed by atoms with van der Waals surface area (Å²) in [6, 6.07) is 7.13. The van der Waals surface area contributed by atoms with Crippen LogP contribution in [-0.2, 0) is 0 Å². The summed E-state index contributed by atoms with van der Waals surface area (Å²) in [6.45, 7) is 3.93. The number of hydrogen-bond acceptors (Lipinski definition) is 3. The van der Waals surface area contributed by atoms with E-state index < -0.39 is 5.76 Å². The summed E-state index contributed by atoms with van der Waals surface area (Å²) < 4.78 is 24.2. The standard InChI is InChI=1S/C12H17F2NOS/c1-8(7-16)15-9(2)10-3-5-11(6-4-10)17-12(13)14/h3-6,8-9,12,15-16H,7H2,1-2H3/t8-,9+/m1/s1. The van der Waals surface area contributed by atoms with Gasteiger partial charge in [0.15, 0.2) is 0 Å². The zero-order valence-electron chi connectivity index (χ0n) is 9.86. The molecule has 0 aliphatic rings. The van der Waals surface area contributed by atoms with E-state index in [0.717, 1.165) is 5.56 Å². The third-order valence-electron chi connectivity index (χ3n) is 2.41. The number of thioether (sulfide) groups is 1. The predicted molar refractivity (Wildman–Crippen MR) is 66.4 cm³/mol. The summed E-state index contributed by atoms with van der Waals surface area (Å²) in [5.74, 6) is -2.38. The van der Waals surface area contributed by atoms with Crippen LogP contribution in [0.1, 0.15) is 25.5 Å². The Morgan fingerprint density at radius 3 is 2.29 bits per heavy atom. The van der Waals surface area contributed by atoms with E-state index in [2.05, 4.69) is 5.32 Å². The fourth-order valence-corrected chi connectivity index (χ4v) is 2.01. The van der Waals surface area contributed by atoms with Crippen molar-refractivity contribution in [1.82, 2.24) is 5.32 Å². The maximum atomic E-state index is 12.1. The van der Waals surface area contributed by atoms with Crippen molar-refractivity contribution in [3.05, 3.63) is 29.8 Å². The van der Waals surface area contributed by atoms with E-state index in [1.165, 1.54) is 0 Å². The van der Waals surface area contributed by atoms with Crippen LogP contribution >= 0.6 is 11.8 Å². The Bertz CT molecular complexity index is 332. The van der Waals surface area contributed by atoms with Crippen LogP contribution in [0.2, 0.25) is 0 Å². The Hall–Kier alpha value is -0.650. The van der Waals surface area contributed by atoms with Crippen molar-refractivity contribution in [2.75, 3.05) is 6.61 Å². The molecule has 5 heteroatoms. The highest BCUT2D eigenvalue weighted by molar-refractivity contribution is 7.99. The molecule has 0 saturated heterocycles. The fraction of sp³-hybridized carbons (Fsp3) is 0.500. The molecule has 1 aromatic rings. The van der Waals surface area contributed by atoms with Crippen molar-refractivity contribution in [2.45, 2.75) is 36.6 Å². The van der Waals surface area contributed by atoms with E-state index in [-0.39, 0.29) is 18.7 Å². The maximum absolute atomic E-state index is 12.1. The first-order valence-electron chi connectivity index (χ1n) is 5.44. The Morgan fingerprint density at radius 2 is 1.82 bits per heavy atom. The van der Waals surface area contributed by atoms with Crippen molar-refractivity contribution in [1.29, 1.82) is 0 Å². The zero-order chi connectivity index (χ0) is 12.8. The normalized spacial score (nSPS) is 14.9. The molecule has 96 valence electrons. The second kappa shape index (κ2) is 6.93. The molecule has 0 spiro atoms. The number of halogens is 2. The molecule has 0 heterocycles. The average Bonchev–Trinajstić information content (AvgIpc) is 2.28. The lowest BCUT2D eigenvalue weighted by atomic mass is 10.1. The molecular formula is C12H17F2NOS. The van der Waals surface area contributed by atoms with Crippen LogP contribution in [0.4, 0.5) is 8.78 Å². The van der Waals surface area contributed by atoms with Gasteiger partial charge >= 0.3 is 0 Å². The van der Waals surface area contributed by atoms with Crippen LogP contribution in [0.25, 0.3) is 0 Å². The molecule has 0 radical (unpaired) electrons. The van der Waals surface area contributed by atoms with Gasteiger partial charge in [-0.2, -0.15) is 8.78 Å². The first-order valence-corrected chi connectivity index (χ1v) is 6.32. The molecule has 0 fully saturated rings. The molecule has 17 heavy (non-hydrogen) atoms. The minimum Gasteiger partial charge on any atom is -0.395 e. The monoisotopic (exact) mass is 261 g/mol. The zero-order valence-corrected chi connectivity index (χ0v) is 10.7. The Labute approximate surface area is 104 Å². The van der Waals surface area contributed by atoms with E-state index in [9.17, 15) is 8.78 Å². The van der Waals surface area contributed by atoms with Gasteiger partial charge in [-0.25, -0.2) is 0 Å². The van der Waals surface area contributed by atoms with E-state index in [0.29, 0.717) is 16.7 Å². The Morgan fingerprint density at radius 1 is 1.24 bits per heavy atom. The van der Waals surface area contributed by atoms with Crippen LogP contribution in [0.15, 0.2) is 29.2 Å². The van der Waals surface area contributed by atoms with Gasteiger partial charge in [-0.15, -0.1) is 0 Å². The molecule has 0 aliphatic heterocycles. The number of hydrogen-bond donors (Lipinski definition) is 2. The highest BCUT2D eigenvalue weighted by Crippen LogP contribution is 2.26. The lowest BCUT2D eigenvalue weighted by molar-refractivity contribution is 0.243. The second-order valence-electron chi connectivity index (χ2n) is 3.92. The molecule has 0 saturated carbocycles. The van der Waals surface area contributed by atoms with Gasteiger partial charge in [0.25, 0.3) is 5.76 Å². The van der Waals surface area contributed by atoms with Gasteiger partial charge in [-0.05, 0) is 31.5 Å². The van der Waals surface area contributed by atoms with Gasteiger partial charge in [-0.1, -0.05) is 23.9 Å². The summed E-state index contributed by atoms with van der Waals surface area (Å²) in [5, 5.41) is 12.1. The maximum Gasteiger partial charge on any atom is 0.288 e. The molecule has 0 aliphatic carbocycles. The Kier molecular flexibility index (Phi) is 5.88. The SMILES string of the molecule is C[C@H](CO)N[C@@H](C)c1ccc(SC(F)F)cc1. The molecule has 0 bridgehead atoms. The van der Waals surface area contributed by atoms with Gasteiger partial charge < -0.3 is 10.4 Å². The highest BCUT2D eigenvalue weighted by atomic mass is 32.2. The number of benzene rings is 1. The van der Waals surface area contributed by atoms with Crippen molar-refractivity contribution in [3.8, 4) is 0 Å². The molecule has 2 N–H and O–H groups in total. The minimum atomic E-state index is -2.38. The van der Waals surface area contributed by atoms with E-state index in [1.807, 2.05) is 26.0 Å². The van der Waals surface area contributed by atoms with Crippen molar-refractivity contribution >= 4 is 11.8 Å². The summed E-state index contributed by atoms with van der Waals surface area (Å²) in [7, 11) is 0. The predicted octanol–water partition coefficient (Wildman–Crippen LogP) is 3.03. The first-order chi connectivity index (χ1) is 8.02. The minimum absolute atomic E-state index is 0.0140. The van der Waals surface area contributed by atoms with Crippen LogP contribution in [-0.4, -0.2) is 23.5 Å². The van der Waals surface area contributed by atoms with Crippen LogP contribution in [0, 0.1) is 0 Å². The van der Waals surface area contributed by atoms with Crippen LogP contribution < -0.4 is 5.32 Å². The fourth-order valence-electron chi connectivity index (χ4n) is 1.51. The first kappa shape index (κ1) is 14.4. The number of aliphatic hydroxyl groups is 1. The van der Waals surface area contributed by atoms with E-state index in [1.54, 1.807) is 12.1 Å². The summed E-state index contributed by atoms with van der Waals surface area (Å²) in [6.07, 6.45) is 0. The van der Waals surface area contributed by atoms with Gasteiger partial charge in [0.1, 0.15) is 0 Å². The quantitative estimate of drug-likeness (QED) is 0.772. The lowest BCUT2D eigenvalue weighted by Gasteiger charge is -2.18. The van der Waals surface area contributed by atoms with Crippen molar-refractivity contribution in [3.63, 3.8) is 0 Å². The summed E-state index contributed by atoms with van der Waals surface area (Å²) >= 11 is 0.544. The molecule has 1 rings (SSSR count). The van der Waals surface area contributed by atoms with Gasteiger partial charge in [0.05, 0.1) is 6.61 Å². The second-order valence-corrected chi connectivity index (χ2v) is 4.98. The van der Waals surface area contributed by atoms with E-state index >= 15 is 0 Å². The third kappa shape index (κ3) is 5.02. The van der Waals surface area contributed by atoms with E-state index in [4.69, 9.17) is 5.11 Å². The summed E-state index contributed by atoms with van der Waals surface area (Å²) in [4.78, 5) is 0.561. The van der Waals surface area contributed by atoms with Crippen molar-refractivity contribution < 1.29 is 13.9 Å². The molecule has 1 aromatic carbocycles. The van der Waals surface area contributed by atoms with Crippen molar-refractivity contribution in [2.24, 2.45) is 0 Å². The summed E-state index contributed by atoms with van der Waals surface area (Å²) in [5.41, 5.74) is 1.02. The topological polar surface area (TPSA) is 32.3 Å². The molecule has 2 nitrogen and oxygen atoms in total. The van der Waals surface area contributed by atoms with Gasteiger partial charge in [0, 0.05) is 17.0 Å². The van der Waals surface area contributed by atoms with Crippen LogP contribution in [0.5, 0.6) is 0 Å². The number of aliphatic hydroxyl groups excluding tert-OH is 1. The molecule has 0 unspecified atom stereocenters. The Balaban J connectivity index is 2.60. The third-order valence-corrected chi connectivity index (χ3v) is 3.14. The largest absolute Gasteiger partial charge is 0.395 e. The number of nitrogens with one attached hydrogen (secondary N) is 1. The van der Waals surface area contributed by atoms with Gasteiger partial charge in [0.2, 0.25) is 0 Å². The smallest absolute Gasteiger partial charge is 0.288 e. The molecule has 0 aromatic heterocycles. The number of rotatable bonds is 6. The molecule has 2 atom stereocenters. The lowest BCUT2D eigenvalue weighted by Crippen LogP contribution is -2.31.